The lowest BCUT2D eigenvalue weighted by atomic mass is 10.0. The summed E-state index contributed by atoms with van der Waals surface area (Å²) in [6.07, 6.45) is 1.73. The molecule has 2 nitrogen and oxygen atoms in total. The van der Waals surface area contributed by atoms with Crippen molar-refractivity contribution >= 4 is 5.69 Å². The quantitative estimate of drug-likeness (QED) is 0.834. The SMILES string of the molecule is CCNC(C)c1ccc2c(c1)CCN2CCCF. The fourth-order valence-electron chi connectivity index (χ4n) is 2.67. The molecule has 1 N–H and O–H groups in total. The predicted octanol–water partition coefficient (Wildman–Crippen LogP) is 3.08. The number of rotatable bonds is 6. The van der Waals surface area contributed by atoms with E-state index in [0.717, 1.165) is 26.1 Å². The smallest absolute Gasteiger partial charge is 0.0911 e. The van der Waals surface area contributed by atoms with E-state index >= 15 is 0 Å². The zero-order chi connectivity index (χ0) is 13.0. The molecule has 0 aromatic heterocycles. The fourth-order valence-corrected chi connectivity index (χ4v) is 2.67. The molecule has 18 heavy (non-hydrogen) atoms. The van der Waals surface area contributed by atoms with Gasteiger partial charge in [-0.2, -0.15) is 0 Å². The number of anilines is 1. The maximum atomic E-state index is 12.2. The second-order valence-electron chi connectivity index (χ2n) is 4.95. The van der Waals surface area contributed by atoms with E-state index in [2.05, 4.69) is 42.3 Å². The number of hydrogen-bond acceptors (Lipinski definition) is 2. The minimum atomic E-state index is -0.221. The first-order valence-electron chi connectivity index (χ1n) is 6.93. The lowest BCUT2D eigenvalue weighted by Crippen LogP contribution is -2.22. The molecular formula is C15H23FN2. The lowest BCUT2D eigenvalue weighted by Gasteiger charge is -2.19. The van der Waals surface area contributed by atoms with E-state index in [1.807, 2.05) is 0 Å². The highest BCUT2D eigenvalue weighted by atomic mass is 19.1. The molecule has 0 radical (unpaired) electrons. The predicted molar refractivity (Wildman–Crippen MR) is 75.0 cm³/mol. The van der Waals surface area contributed by atoms with Crippen molar-refractivity contribution in [3.63, 3.8) is 0 Å². The maximum absolute atomic E-state index is 12.2. The number of halogens is 1. The van der Waals surface area contributed by atoms with Gasteiger partial charge in [-0.3, -0.25) is 4.39 Å². The van der Waals surface area contributed by atoms with E-state index < -0.39 is 0 Å². The molecule has 1 aromatic carbocycles. The van der Waals surface area contributed by atoms with Crippen LogP contribution in [-0.4, -0.2) is 26.3 Å². The third-order valence-electron chi connectivity index (χ3n) is 3.67. The van der Waals surface area contributed by atoms with Crippen LogP contribution in [0.4, 0.5) is 10.1 Å². The van der Waals surface area contributed by atoms with Crippen LogP contribution in [0.15, 0.2) is 18.2 Å². The Bertz CT molecular complexity index is 392. The minimum Gasteiger partial charge on any atom is -0.371 e. The summed E-state index contributed by atoms with van der Waals surface area (Å²) in [6.45, 7) is 6.96. The molecule has 0 amide bonds. The van der Waals surface area contributed by atoms with Gasteiger partial charge in [-0.1, -0.05) is 19.1 Å². The van der Waals surface area contributed by atoms with Gasteiger partial charge >= 0.3 is 0 Å². The summed E-state index contributed by atoms with van der Waals surface area (Å²) in [5.74, 6) is 0. The summed E-state index contributed by atoms with van der Waals surface area (Å²) in [4.78, 5) is 2.30. The molecule has 1 aromatic rings. The first-order valence-corrected chi connectivity index (χ1v) is 6.93. The van der Waals surface area contributed by atoms with E-state index in [4.69, 9.17) is 0 Å². The molecule has 1 atom stereocenters. The fraction of sp³-hybridized carbons (Fsp3) is 0.600. The first-order chi connectivity index (χ1) is 8.76. The van der Waals surface area contributed by atoms with Crippen molar-refractivity contribution in [3.8, 4) is 0 Å². The van der Waals surface area contributed by atoms with Gasteiger partial charge in [-0.05, 0) is 43.5 Å². The molecule has 1 heterocycles. The van der Waals surface area contributed by atoms with E-state index in [1.165, 1.54) is 16.8 Å². The Morgan fingerprint density at radius 1 is 1.44 bits per heavy atom. The van der Waals surface area contributed by atoms with Gasteiger partial charge in [0.2, 0.25) is 0 Å². The average molecular weight is 250 g/mol. The van der Waals surface area contributed by atoms with Crippen LogP contribution in [-0.2, 0) is 6.42 Å². The van der Waals surface area contributed by atoms with Crippen molar-refractivity contribution in [2.75, 3.05) is 31.2 Å². The van der Waals surface area contributed by atoms with Crippen molar-refractivity contribution in [2.45, 2.75) is 32.7 Å². The van der Waals surface area contributed by atoms with Gasteiger partial charge < -0.3 is 10.2 Å². The van der Waals surface area contributed by atoms with Crippen molar-refractivity contribution in [2.24, 2.45) is 0 Å². The van der Waals surface area contributed by atoms with Gasteiger partial charge in [-0.25, -0.2) is 0 Å². The monoisotopic (exact) mass is 250 g/mol. The normalized spacial score (nSPS) is 15.8. The maximum Gasteiger partial charge on any atom is 0.0911 e. The zero-order valence-electron chi connectivity index (χ0n) is 11.4. The van der Waals surface area contributed by atoms with Crippen LogP contribution in [0.3, 0.4) is 0 Å². The van der Waals surface area contributed by atoms with E-state index in [1.54, 1.807) is 0 Å². The highest BCUT2D eigenvalue weighted by molar-refractivity contribution is 5.59. The Labute approximate surface area is 109 Å². The Hall–Kier alpha value is -1.09. The summed E-state index contributed by atoms with van der Waals surface area (Å²) in [6, 6.07) is 7.10. The summed E-state index contributed by atoms with van der Waals surface area (Å²) in [5.41, 5.74) is 4.06. The Morgan fingerprint density at radius 2 is 2.28 bits per heavy atom. The van der Waals surface area contributed by atoms with Gasteiger partial charge in [-0.15, -0.1) is 0 Å². The van der Waals surface area contributed by atoms with Crippen LogP contribution < -0.4 is 10.2 Å². The Balaban J connectivity index is 2.10. The number of hydrogen-bond donors (Lipinski definition) is 1. The van der Waals surface area contributed by atoms with E-state index in [-0.39, 0.29) is 6.67 Å². The molecule has 2 rings (SSSR count). The molecule has 3 heteroatoms. The van der Waals surface area contributed by atoms with Crippen LogP contribution in [0, 0.1) is 0 Å². The zero-order valence-corrected chi connectivity index (χ0v) is 11.4. The van der Waals surface area contributed by atoms with Crippen LogP contribution in [0.2, 0.25) is 0 Å². The van der Waals surface area contributed by atoms with Gasteiger partial charge in [0, 0.05) is 24.8 Å². The van der Waals surface area contributed by atoms with Crippen molar-refractivity contribution in [1.29, 1.82) is 0 Å². The van der Waals surface area contributed by atoms with Gasteiger partial charge in [0.15, 0.2) is 0 Å². The van der Waals surface area contributed by atoms with Gasteiger partial charge in [0.25, 0.3) is 0 Å². The molecule has 0 bridgehead atoms. The average Bonchev–Trinajstić information content (AvgIpc) is 2.79. The lowest BCUT2D eigenvalue weighted by molar-refractivity contribution is 0.472. The van der Waals surface area contributed by atoms with Gasteiger partial charge in [0.05, 0.1) is 6.67 Å². The molecular weight excluding hydrogens is 227 g/mol. The standard InChI is InChI=1S/C15H23FN2/c1-3-17-12(2)13-5-6-15-14(11-13)7-10-18(15)9-4-8-16/h5-6,11-12,17H,3-4,7-10H2,1-2H3. The number of benzene rings is 1. The molecule has 0 spiro atoms. The number of fused-ring (bicyclic) bond motifs is 1. The topological polar surface area (TPSA) is 15.3 Å². The molecule has 0 saturated carbocycles. The molecule has 1 aliphatic heterocycles. The molecule has 1 unspecified atom stereocenters. The minimum absolute atomic E-state index is 0.221. The first kappa shape index (κ1) is 13.3. The molecule has 0 fully saturated rings. The van der Waals surface area contributed by atoms with Gasteiger partial charge in [0.1, 0.15) is 0 Å². The van der Waals surface area contributed by atoms with Crippen molar-refractivity contribution in [1.82, 2.24) is 5.32 Å². The van der Waals surface area contributed by atoms with Crippen LogP contribution >= 0.6 is 0 Å². The third-order valence-corrected chi connectivity index (χ3v) is 3.67. The Morgan fingerprint density at radius 3 is 3.00 bits per heavy atom. The Kier molecular flexibility index (Phi) is 4.59. The summed E-state index contributed by atoms with van der Waals surface area (Å²) >= 11 is 0. The van der Waals surface area contributed by atoms with Crippen molar-refractivity contribution in [3.05, 3.63) is 29.3 Å². The van der Waals surface area contributed by atoms with Crippen LogP contribution in [0.1, 0.15) is 37.4 Å². The number of nitrogens with one attached hydrogen (secondary N) is 1. The molecule has 0 aliphatic carbocycles. The molecule has 1 aliphatic rings. The van der Waals surface area contributed by atoms with Crippen LogP contribution in [0.25, 0.3) is 0 Å². The summed E-state index contributed by atoms with van der Waals surface area (Å²) in [5, 5.41) is 3.44. The largest absolute Gasteiger partial charge is 0.371 e. The highest BCUT2D eigenvalue weighted by Crippen LogP contribution is 2.30. The highest BCUT2D eigenvalue weighted by Gasteiger charge is 2.19. The molecule has 0 saturated heterocycles. The number of alkyl halides is 1. The summed E-state index contributed by atoms with van der Waals surface area (Å²) in [7, 11) is 0. The second kappa shape index (κ2) is 6.19. The van der Waals surface area contributed by atoms with E-state index in [9.17, 15) is 4.39 Å². The molecule has 100 valence electrons. The summed E-state index contributed by atoms with van der Waals surface area (Å²) < 4.78 is 12.2. The second-order valence-corrected chi connectivity index (χ2v) is 4.95. The van der Waals surface area contributed by atoms with Crippen LogP contribution in [0.5, 0.6) is 0 Å². The van der Waals surface area contributed by atoms with E-state index in [0.29, 0.717) is 12.5 Å². The number of nitrogens with zero attached hydrogens (tertiary/aromatic N) is 1. The third kappa shape index (κ3) is 2.83. The van der Waals surface area contributed by atoms with Crippen molar-refractivity contribution < 1.29 is 4.39 Å².